The summed E-state index contributed by atoms with van der Waals surface area (Å²) in [7, 11) is 0. The molecule has 0 aromatic carbocycles. The van der Waals surface area contributed by atoms with Gasteiger partial charge < -0.3 is 14.5 Å². The summed E-state index contributed by atoms with van der Waals surface area (Å²) in [6, 6.07) is 1.70. The molecular weight excluding hydrogens is 268 g/mol. The molecule has 0 amide bonds. The molecule has 0 aliphatic carbocycles. The Hall–Kier alpha value is -1.33. The standard InChI is InChI=1S/C16H26N2O3/c1-3-17-11-13-5-8-18(9-6-13)12-15-14(7-10-21-15)16(19)20-4-2/h7,10,13,17H,3-6,8-9,11-12H2,1-2H3. The third-order valence-electron chi connectivity index (χ3n) is 4.00. The topological polar surface area (TPSA) is 54.7 Å². The summed E-state index contributed by atoms with van der Waals surface area (Å²) < 4.78 is 10.5. The van der Waals surface area contributed by atoms with Crippen LogP contribution in [0.3, 0.4) is 0 Å². The summed E-state index contributed by atoms with van der Waals surface area (Å²) >= 11 is 0. The molecule has 5 heteroatoms. The Morgan fingerprint density at radius 1 is 1.43 bits per heavy atom. The van der Waals surface area contributed by atoms with Crippen LogP contribution in [0, 0.1) is 5.92 Å². The fourth-order valence-electron chi connectivity index (χ4n) is 2.75. The summed E-state index contributed by atoms with van der Waals surface area (Å²) in [5.74, 6) is 1.20. The van der Waals surface area contributed by atoms with Crippen LogP contribution in [-0.4, -0.2) is 43.7 Å². The highest BCUT2D eigenvalue weighted by atomic mass is 16.5. The first-order valence-electron chi connectivity index (χ1n) is 7.91. The third-order valence-corrected chi connectivity index (χ3v) is 4.00. The molecule has 1 aliphatic rings. The van der Waals surface area contributed by atoms with E-state index in [1.165, 1.54) is 12.8 Å². The first-order chi connectivity index (χ1) is 10.2. The molecule has 1 aromatic rings. The molecule has 0 spiro atoms. The minimum atomic E-state index is -0.289. The van der Waals surface area contributed by atoms with E-state index in [4.69, 9.17) is 9.15 Å². The third kappa shape index (κ3) is 4.58. The van der Waals surface area contributed by atoms with Crippen molar-refractivity contribution >= 4 is 5.97 Å². The largest absolute Gasteiger partial charge is 0.467 e. The SMILES string of the molecule is CCNCC1CCN(Cc2occc2C(=O)OCC)CC1. The molecular formula is C16H26N2O3. The number of esters is 1. The number of carbonyl (C=O) groups excluding carboxylic acids is 1. The molecule has 1 N–H and O–H groups in total. The number of rotatable bonds is 7. The minimum Gasteiger partial charge on any atom is -0.467 e. The van der Waals surface area contributed by atoms with Crippen LogP contribution in [0.5, 0.6) is 0 Å². The van der Waals surface area contributed by atoms with Crippen LogP contribution in [0.25, 0.3) is 0 Å². The van der Waals surface area contributed by atoms with Gasteiger partial charge in [0, 0.05) is 0 Å². The predicted octanol–water partition coefficient (Wildman–Crippen LogP) is 2.28. The van der Waals surface area contributed by atoms with Crippen molar-refractivity contribution in [1.29, 1.82) is 0 Å². The molecule has 1 aliphatic heterocycles. The maximum atomic E-state index is 11.8. The average molecular weight is 294 g/mol. The van der Waals surface area contributed by atoms with Gasteiger partial charge in [-0.2, -0.15) is 0 Å². The Bertz CT molecular complexity index is 436. The van der Waals surface area contributed by atoms with Crippen molar-refractivity contribution in [1.82, 2.24) is 10.2 Å². The van der Waals surface area contributed by atoms with Crippen LogP contribution in [-0.2, 0) is 11.3 Å². The summed E-state index contributed by atoms with van der Waals surface area (Å²) in [4.78, 5) is 14.2. The zero-order valence-electron chi connectivity index (χ0n) is 13.1. The number of likely N-dealkylation sites (tertiary alicyclic amines) is 1. The van der Waals surface area contributed by atoms with Gasteiger partial charge in [-0.25, -0.2) is 4.79 Å². The van der Waals surface area contributed by atoms with Gasteiger partial charge in [-0.3, -0.25) is 4.90 Å². The first kappa shape index (κ1) is 16.0. The molecule has 1 fully saturated rings. The molecule has 0 radical (unpaired) electrons. The van der Waals surface area contributed by atoms with Gasteiger partial charge in [-0.1, -0.05) is 6.92 Å². The zero-order valence-corrected chi connectivity index (χ0v) is 13.1. The van der Waals surface area contributed by atoms with Gasteiger partial charge in [0.15, 0.2) is 0 Å². The van der Waals surface area contributed by atoms with Crippen LogP contribution < -0.4 is 5.32 Å². The molecule has 1 aromatic heterocycles. The van der Waals surface area contributed by atoms with E-state index >= 15 is 0 Å². The first-order valence-corrected chi connectivity index (χ1v) is 7.91. The van der Waals surface area contributed by atoms with Crippen LogP contribution in [0.15, 0.2) is 16.7 Å². The van der Waals surface area contributed by atoms with E-state index in [1.807, 2.05) is 6.92 Å². The highest BCUT2D eigenvalue weighted by Gasteiger charge is 2.22. The molecule has 0 atom stereocenters. The van der Waals surface area contributed by atoms with Crippen molar-refractivity contribution in [3.05, 3.63) is 23.7 Å². The van der Waals surface area contributed by atoms with E-state index in [0.717, 1.165) is 37.9 Å². The number of nitrogens with zero attached hydrogens (tertiary/aromatic N) is 1. The van der Waals surface area contributed by atoms with Gasteiger partial charge in [0.25, 0.3) is 0 Å². The van der Waals surface area contributed by atoms with Crippen LogP contribution >= 0.6 is 0 Å². The van der Waals surface area contributed by atoms with E-state index < -0.39 is 0 Å². The molecule has 1 saturated heterocycles. The summed E-state index contributed by atoms with van der Waals surface area (Å²) in [5.41, 5.74) is 0.562. The van der Waals surface area contributed by atoms with Gasteiger partial charge >= 0.3 is 5.97 Å². The molecule has 5 nitrogen and oxygen atoms in total. The van der Waals surface area contributed by atoms with Crippen molar-refractivity contribution in [2.75, 3.05) is 32.8 Å². The monoisotopic (exact) mass is 294 g/mol. The van der Waals surface area contributed by atoms with Gasteiger partial charge in [0.05, 0.1) is 19.4 Å². The molecule has 0 unspecified atom stereocenters. The van der Waals surface area contributed by atoms with E-state index in [0.29, 0.717) is 18.7 Å². The maximum absolute atomic E-state index is 11.8. The number of piperidine rings is 1. The Morgan fingerprint density at radius 2 is 2.19 bits per heavy atom. The Balaban J connectivity index is 1.84. The van der Waals surface area contributed by atoms with E-state index in [-0.39, 0.29) is 5.97 Å². The van der Waals surface area contributed by atoms with E-state index in [9.17, 15) is 4.79 Å². The highest BCUT2D eigenvalue weighted by molar-refractivity contribution is 5.90. The zero-order chi connectivity index (χ0) is 15.1. The second-order valence-electron chi connectivity index (χ2n) is 5.51. The predicted molar refractivity (Wildman–Crippen MR) is 81.2 cm³/mol. The van der Waals surface area contributed by atoms with E-state index in [2.05, 4.69) is 17.1 Å². The fourth-order valence-corrected chi connectivity index (χ4v) is 2.75. The molecule has 2 rings (SSSR count). The number of carbonyl (C=O) groups is 1. The average Bonchev–Trinajstić information content (AvgIpc) is 2.95. The van der Waals surface area contributed by atoms with Gasteiger partial charge in [-0.15, -0.1) is 0 Å². The molecule has 118 valence electrons. The Kier molecular flexibility index (Phi) is 6.26. The summed E-state index contributed by atoms with van der Waals surface area (Å²) in [6.45, 7) is 9.29. The number of ether oxygens (including phenoxy) is 1. The van der Waals surface area contributed by atoms with Crippen molar-refractivity contribution in [2.24, 2.45) is 5.92 Å². The van der Waals surface area contributed by atoms with Gasteiger partial charge in [0.1, 0.15) is 11.3 Å². The molecule has 0 saturated carbocycles. The van der Waals surface area contributed by atoms with Crippen molar-refractivity contribution in [3.8, 4) is 0 Å². The fraction of sp³-hybridized carbons (Fsp3) is 0.688. The lowest BCUT2D eigenvalue weighted by molar-refractivity contribution is 0.0521. The normalized spacial score (nSPS) is 17.0. The Labute approximate surface area is 126 Å². The summed E-state index contributed by atoms with van der Waals surface area (Å²) in [5, 5.41) is 3.42. The van der Waals surface area contributed by atoms with Crippen LogP contribution in [0.2, 0.25) is 0 Å². The number of furan rings is 1. The lowest BCUT2D eigenvalue weighted by atomic mass is 9.96. The quantitative estimate of drug-likeness (QED) is 0.782. The van der Waals surface area contributed by atoms with Gasteiger partial charge in [-0.05, 0) is 57.9 Å². The molecule has 2 heterocycles. The smallest absolute Gasteiger partial charge is 0.341 e. The minimum absolute atomic E-state index is 0.289. The maximum Gasteiger partial charge on any atom is 0.341 e. The molecule has 0 bridgehead atoms. The highest BCUT2D eigenvalue weighted by Crippen LogP contribution is 2.20. The Morgan fingerprint density at radius 3 is 2.86 bits per heavy atom. The number of hydrogen-bond acceptors (Lipinski definition) is 5. The molecule has 21 heavy (non-hydrogen) atoms. The number of hydrogen-bond donors (Lipinski definition) is 1. The van der Waals surface area contributed by atoms with Crippen LogP contribution in [0.1, 0.15) is 42.8 Å². The van der Waals surface area contributed by atoms with Crippen molar-refractivity contribution in [3.63, 3.8) is 0 Å². The lowest BCUT2D eigenvalue weighted by Gasteiger charge is -2.31. The van der Waals surface area contributed by atoms with Crippen molar-refractivity contribution < 1.29 is 13.9 Å². The lowest BCUT2D eigenvalue weighted by Crippen LogP contribution is -2.37. The summed E-state index contributed by atoms with van der Waals surface area (Å²) in [6.07, 6.45) is 3.96. The second kappa shape index (κ2) is 8.20. The number of nitrogens with one attached hydrogen (secondary N) is 1. The van der Waals surface area contributed by atoms with Gasteiger partial charge in [0.2, 0.25) is 0 Å². The van der Waals surface area contributed by atoms with Crippen molar-refractivity contribution in [2.45, 2.75) is 33.2 Å². The van der Waals surface area contributed by atoms with Crippen LogP contribution in [0.4, 0.5) is 0 Å². The second-order valence-corrected chi connectivity index (χ2v) is 5.51. The van der Waals surface area contributed by atoms with E-state index in [1.54, 1.807) is 12.3 Å².